The van der Waals surface area contributed by atoms with Crippen LogP contribution < -0.4 is 10.3 Å². The predicted octanol–water partition coefficient (Wildman–Crippen LogP) is 6.56. The van der Waals surface area contributed by atoms with Crippen LogP contribution in [0.3, 0.4) is 0 Å². The van der Waals surface area contributed by atoms with Crippen LogP contribution in [0.1, 0.15) is 54.7 Å². The summed E-state index contributed by atoms with van der Waals surface area (Å²) in [5.74, 6) is 1.60. The number of rotatable bonds is 5. The van der Waals surface area contributed by atoms with Crippen molar-refractivity contribution in [1.82, 2.24) is 19.5 Å². The molecule has 186 valence electrons. The van der Waals surface area contributed by atoms with E-state index in [4.69, 9.17) is 9.72 Å². The molecule has 4 aromatic rings. The molecule has 2 heterocycles. The Hall–Kier alpha value is -3.32. The molecular formula is C29H31BrN4O2. The Balaban J connectivity index is 1.75. The van der Waals surface area contributed by atoms with Gasteiger partial charge in [0.2, 0.25) is 5.88 Å². The van der Waals surface area contributed by atoms with Gasteiger partial charge in [-0.15, -0.1) is 0 Å². The van der Waals surface area contributed by atoms with E-state index in [-0.39, 0.29) is 16.9 Å². The molecule has 0 amide bonds. The minimum absolute atomic E-state index is 0.174. The van der Waals surface area contributed by atoms with Gasteiger partial charge in [-0.1, -0.05) is 62.7 Å². The first-order valence-corrected chi connectivity index (χ1v) is 12.7. The van der Waals surface area contributed by atoms with Crippen molar-refractivity contribution < 1.29 is 4.74 Å². The van der Waals surface area contributed by atoms with E-state index in [0.717, 1.165) is 45.0 Å². The number of halogens is 1. The molecule has 0 atom stereocenters. The van der Waals surface area contributed by atoms with Gasteiger partial charge < -0.3 is 4.74 Å². The summed E-state index contributed by atoms with van der Waals surface area (Å²) in [4.78, 5) is 27.5. The van der Waals surface area contributed by atoms with Crippen molar-refractivity contribution in [1.29, 1.82) is 0 Å². The average Bonchev–Trinajstić information content (AvgIpc) is 2.81. The summed E-state index contributed by atoms with van der Waals surface area (Å²) in [6.45, 7) is 14.4. The smallest absolute Gasteiger partial charge is 0.276 e. The van der Waals surface area contributed by atoms with Crippen LogP contribution in [0.4, 0.5) is 0 Å². The van der Waals surface area contributed by atoms with Crippen LogP contribution in [-0.2, 0) is 12.0 Å². The zero-order valence-corrected chi connectivity index (χ0v) is 23.4. The van der Waals surface area contributed by atoms with E-state index >= 15 is 0 Å². The van der Waals surface area contributed by atoms with E-state index in [9.17, 15) is 4.79 Å². The monoisotopic (exact) mass is 546 g/mol. The van der Waals surface area contributed by atoms with Crippen molar-refractivity contribution in [3.05, 3.63) is 97.4 Å². The van der Waals surface area contributed by atoms with E-state index < -0.39 is 0 Å². The van der Waals surface area contributed by atoms with E-state index in [2.05, 4.69) is 52.7 Å². The minimum atomic E-state index is -0.225. The SMILES string of the molecule is Cc1cccc(COc2nc(C)n(-c3cc(-c4nc(C(C)(C)C)ncc4C)ccc3C)c(=O)c2Br)c1. The maximum Gasteiger partial charge on any atom is 0.276 e. The molecule has 0 saturated heterocycles. The van der Waals surface area contributed by atoms with Crippen LogP contribution in [0.2, 0.25) is 0 Å². The fraction of sp³-hybridized carbons (Fsp3) is 0.310. The Bertz CT molecular complexity index is 1500. The summed E-state index contributed by atoms with van der Waals surface area (Å²) in [7, 11) is 0. The highest BCUT2D eigenvalue weighted by Gasteiger charge is 2.21. The third-order valence-corrected chi connectivity index (χ3v) is 6.67. The third-order valence-electron chi connectivity index (χ3n) is 5.99. The largest absolute Gasteiger partial charge is 0.472 e. The standard InChI is InChI=1S/C29H31BrN4O2/c1-17-9-8-10-21(13-17)16-36-26-24(30)27(35)34(20(4)32-26)23-14-22(12-11-18(23)2)25-19(3)15-31-28(33-25)29(5,6)7/h8-15H,16H2,1-7H3. The molecule has 2 aromatic carbocycles. The topological polar surface area (TPSA) is 69.9 Å². The summed E-state index contributed by atoms with van der Waals surface area (Å²) in [5, 5.41) is 0. The molecule has 0 aliphatic heterocycles. The van der Waals surface area contributed by atoms with Crippen LogP contribution in [0.25, 0.3) is 16.9 Å². The number of benzene rings is 2. The molecule has 0 aliphatic carbocycles. The summed E-state index contributed by atoms with van der Waals surface area (Å²) in [5.41, 5.74) is 6.22. The molecule has 7 heteroatoms. The number of ether oxygens (including phenoxy) is 1. The molecule has 2 aromatic heterocycles. The lowest BCUT2D eigenvalue weighted by atomic mass is 9.95. The maximum absolute atomic E-state index is 13.5. The van der Waals surface area contributed by atoms with Crippen molar-refractivity contribution >= 4 is 15.9 Å². The van der Waals surface area contributed by atoms with Gasteiger partial charge in [-0.05, 0) is 66.4 Å². The Labute approximate surface area is 220 Å². The first kappa shape index (κ1) is 25.8. The lowest BCUT2D eigenvalue weighted by Gasteiger charge is -2.19. The Morgan fingerprint density at radius 2 is 1.72 bits per heavy atom. The van der Waals surface area contributed by atoms with Crippen LogP contribution in [-0.4, -0.2) is 19.5 Å². The fourth-order valence-corrected chi connectivity index (χ4v) is 4.39. The van der Waals surface area contributed by atoms with Crippen LogP contribution >= 0.6 is 15.9 Å². The molecule has 36 heavy (non-hydrogen) atoms. The Morgan fingerprint density at radius 1 is 0.972 bits per heavy atom. The molecule has 0 fully saturated rings. The second-order valence-corrected chi connectivity index (χ2v) is 11.0. The van der Waals surface area contributed by atoms with Crippen molar-refractivity contribution in [2.75, 3.05) is 0 Å². The van der Waals surface area contributed by atoms with Crippen molar-refractivity contribution in [3.8, 4) is 22.8 Å². The highest BCUT2D eigenvalue weighted by molar-refractivity contribution is 9.10. The lowest BCUT2D eigenvalue weighted by molar-refractivity contribution is 0.289. The van der Waals surface area contributed by atoms with Crippen molar-refractivity contribution in [2.45, 2.75) is 60.5 Å². The van der Waals surface area contributed by atoms with E-state index in [0.29, 0.717) is 16.9 Å². The number of aryl methyl sites for hydroxylation is 4. The van der Waals surface area contributed by atoms with Gasteiger partial charge in [-0.25, -0.2) is 9.97 Å². The summed E-state index contributed by atoms with van der Waals surface area (Å²) in [6.07, 6.45) is 1.86. The summed E-state index contributed by atoms with van der Waals surface area (Å²) in [6, 6.07) is 14.1. The first-order valence-electron chi connectivity index (χ1n) is 11.9. The van der Waals surface area contributed by atoms with Crippen molar-refractivity contribution in [2.24, 2.45) is 0 Å². The van der Waals surface area contributed by atoms with E-state index in [1.165, 1.54) is 0 Å². The van der Waals surface area contributed by atoms with Gasteiger partial charge in [-0.2, -0.15) is 4.98 Å². The van der Waals surface area contributed by atoms with Crippen LogP contribution in [0.5, 0.6) is 5.88 Å². The Kier molecular flexibility index (Phi) is 7.14. The maximum atomic E-state index is 13.5. The van der Waals surface area contributed by atoms with E-state index in [1.54, 1.807) is 4.57 Å². The molecule has 6 nitrogen and oxygen atoms in total. The summed E-state index contributed by atoms with van der Waals surface area (Å²) >= 11 is 3.44. The van der Waals surface area contributed by atoms with Gasteiger partial charge in [0.05, 0.1) is 11.4 Å². The lowest BCUT2D eigenvalue weighted by Crippen LogP contribution is -2.24. The predicted molar refractivity (Wildman–Crippen MR) is 147 cm³/mol. The molecule has 0 N–H and O–H groups in total. The number of nitrogens with zero attached hydrogens (tertiary/aromatic N) is 4. The minimum Gasteiger partial charge on any atom is -0.472 e. The highest BCUT2D eigenvalue weighted by Crippen LogP contribution is 2.29. The molecule has 0 radical (unpaired) electrons. The van der Waals surface area contributed by atoms with Crippen molar-refractivity contribution in [3.63, 3.8) is 0 Å². The van der Waals surface area contributed by atoms with Crippen LogP contribution in [0, 0.1) is 27.7 Å². The van der Waals surface area contributed by atoms with Gasteiger partial charge in [0.25, 0.3) is 5.56 Å². The number of hydrogen-bond donors (Lipinski definition) is 0. The molecule has 0 bridgehead atoms. The van der Waals surface area contributed by atoms with Crippen LogP contribution in [0.15, 0.2) is 57.9 Å². The highest BCUT2D eigenvalue weighted by atomic mass is 79.9. The average molecular weight is 547 g/mol. The zero-order valence-electron chi connectivity index (χ0n) is 21.8. The molecule has 0 unspecified atom stereocenters. The number of hydrogen-bond acceptors (Lipinski definition) is 5. The molecule has 0 spiro atoms. The molecule has 0 aliphatic rings. The van der Waals surface area contributed by atoms with Gasteiger partial charge in [0.15, 0.2) is 0 Å². The third kappa shape index (κ3) is 5.26. The van der Waals surface area contributed by atoms with Gasteiger partial charge in [-0.3, -0.25) is 9.36 Å². The number of aromatic nitrogens is 4. The quantitative estimate of drug-likeness (QED) is 0.283. The second kappa shape index (κ2) is 9.97. The van der Waals surface area contributed by atoms with Gasteiger partial charge in [0, 0.05) is 17.2 Å². The summed E-state index contributed by atoms with van der Waals surface area (Å²) < 4.78 is 7.83. The van der Waals surface area contributed by atoms with Gasteiger partial charge in [0.1, 0.15) is 22.7 Å². The molecular weight excluding hydrogens is 516 g/mol. The second-order valence-electron chi connectivity index (χ2n) is 10.2. The van der Waals surface area contributed by atoms with Gasteiger partial charge >= 0.3 is 0 Å². The zero-order chi connectivity index (χ0) is 26.2. The molecule has 4 rings (SSSR count). The van der Waals surface area contributed by atoms with E-state index in [1.807, 2.05) is 70.3 Å². The Morgan fingerprint density at radius 3 is 2.42 bits per heavy atom. The molecule has 0 saturated carbocycles. The fourth-order valence-electron chi connectivity index (χ4n) is 4.01. The first-order chi connectivity index (χ1) is 17.0. The normalized spacial score (nSPS) is 11.6.